The number of phenols is 1. The molecule has 2 aromatic rings. The monoisotopic (exact) mass is 319 g/mol. The van der Waals surface area contributed by atoms with Crippen LogP contribution in [0.25, 0.3) is 0 Å². The van der Waals surface area contributed by atoms with Crippen LogP contribution in [0.5, 0.6) is 11.5 Å². The first kappa shape index (κ1) is 16.3. The average Bonchev–Trinajstić information content (AvgIpc) is 2.96. The number of hydrogen-bond donors (Lipinski definition) is 3. The summed E-state index contributed by atoms with van der Waals surface area (Å²) in [5, 5.41) is 25.4. The van der Waals surface area contributed by atoms with Gasteiger partial charge in [0.15, 0.2) is 5.54 Å². The molecule has 122 valence electrons. The molecule has 0 aliphatic carbocycles. The number of nitrogens with one attached hydrogen (secondary N) is 1. The first-order valence-electron chi connectivity index (χ1n) is 6.72. The van der Waals surface area contributed by atoms with Crippen molar-refractivity contribution in [3.05, 3.63) is 36.2 Å². The third-order valence-corrected chi connectivity index (χ3v) is 3.38. The van der Waals surface area contributed by atoms with Crippen molar-refractivity contribution in [3.63, 3.8) is 0 Å². The number of carboxylic acids is 1. The van der Waals surface area contributed by atoms with E-state index in [1.165, 1.54) is 56.2 Å². The minimum Gasteiger partial charge on any atom is -0.507 e. The number of aromatic hydroxyl groups is 1. The minimum atomic E-state index is -1.25. The van der Waals surface area contributed by atoms with Gasteiger partial charge in [0.1, 0.15) is 11.5 Å². The van der Waals surface area contributed by atoms with Crippen LogP contribution in [-0.4, -0.2) is 39.0 Å². The third-order valence-electron chi connectivity index (χ3n) is 3.38. The van der Waals surface area contributed by atoms with Crippen molar-refractivity contribution in [2.24, 2.45) is 0 Å². The second-order valence-electron chi connectivity index (χ2n) is 5.37. The number of aliphatic carboxylic acids is 1. The average molecular weight is 319 g/mol. The molecule has 2 rings (SSSR count). The number of rotatable bonds is 5. The number of aromatic nitrogens is 2. The van der Waals surface area contributed by atoms with E-state index in [-0.39, 0.29) is 11.3 Å². The Hall–Kier alpha value is -3.03. The van der Waals surface area contributed by atoms with Crippen molar-refractivity contribution < 1.29 is 24.5 Å². The largest absolute Gasteiger partial charge is 0.507 e. The fourth-order valence-corrected chi connectivity index (χ4v) is 1.81. The summed E-state index contributed by atoms with van der Waals surface area (Å²) in [6.45, 7) is 2.98. The molecular weight excluding hydrogens is 302 g/mol. The van der Waals surface area contributed by atoms with Crippen LogP contribution in [-0.2, 0) is 10.3 Å². The fourth-order valence-electron chi connectivity index (χ4n) is 1.81. The molecule has 1 heterocycles. The van der Waals surface area contributed by atoms with Crippen LogP contribution in [0.15, 0.2) is 30.6 Å². The Bertz CT molecular complexity index is 751. The Kier molecular flexibility index (Phi) is 4.26. The molecule has 0 atom stereocenters. The summed E-state index contributed by atoms with van der Waals surface area (Å²) < 4.78 is 6.25. The second-order valence-corrected chi connectivity index (χ2v) is 5.37. The molecule has 0 radical (unpaired) electrons. The maximum Gasteiger partial charge on any atom is 0.331 e. The molecule has 1 amide bonds. The number of phenolic OH excluding ortho intramolecular Hbond substituents is 1. The van der Waals surface area contributed by atoms with Crippen LogP contribution in [0.2, 0.25) is 0 Å². The number of benzene rings is 1. The summed E-state index contributed by atoms with van der Waals surface area (Å²) in [6, 6.07) is 4.28. The number of carbonyl (C=O) groups is 2. The van der Waals surface area contributed by atoms with Gasteiger partial charge in [-0.05, 0) is 32.0 Å². The van der Waals surface area contributed by atoms with Gasteiger partial charge < -0.3 is 20.3 Å². The number of ether oxygens (including phenoxy) is 1. The van der Waals surface area contributed by atoms with Crippen LogP contribution in [0, 0.1) is 0 Å². The Balaban J connectivity index is 2.22. The van der Waals surface area contributed by atoms with E-state index in [9.17, 15) is 14.7 Å². The van der Waals surface area contributed by atoms with Crippen LogP contribution in [0.3, 0.4) is 0 Å². The lowest BCUT2D eigenvalue weighted by Gasteiger charge is -2.19. The molecule has 1 aromatic carbocycles. The van der Waals surface area contributed by atoms with Gasteiger partial charge in [0.05, 0.1) is 24.6 Å². The minimum absolute atomic E-state index is 0.0367. The molecule has 0 saturated carbocycles. The lowest BCUT2D eigenvalue weighted by molar-refractivity contribution is -0.146. The van der Waals surface area contributed by atoms with Gasteiger partial charge in [-0.25, -0.2) is 4.79 Å². The van der Waals surface area contributed by atoms with E-state index in [1.54, 1.807) is 0 Å². The maximum absolute atomic E-state index is 12.2. The number of hydrogen-bond acceptors (Lipinski definition) is 5. The SMILES string of the molecule is COc1ccc(O)c(C(=O)Nc2cnn(C(C)(C)C(=O)O)c2)c1. The highest BCUT2D eigenvalue weighted by Gasteiger charge is 2.30. The van der Waals surface area contributed by atoms with E-state index >= 15 is 0 Å². The van der Waals surface area contributed by atoms with E-state index in [0.717, 1.165) is 0 Å². The smallest absolute Gasteiger partial charge is 0.331 e. The van der Waals surface area contributed by atoms with E-state index < -0.39 is 17.4 Å². The molecule has 8 heteroatoms. The third kappa shape index (κ3) is 3.25. The molecule has 3 N–H and O–H groups in total. The normalized spacial score (nSPS) is 11.1. The van der Waals surface area contributed by atoms with Crippen LogP contribution < -0.4 is 10.1 Å². The highest BCUT2D eigenvalue weighted by molar-refractivity contribution is 6.06. The topological polar surface area (TPSA) is 114 Å². The fraction of sp³-hybridized carbons (Fsp3) is 0.267. The summed E-state index contributed by atoms with van der Waals surface area (Å²) >= 11 is 0. The molecule has 0 fully saturated rings. The highest BCUT2D eigenvalue weighted by Crippen LogP contribution is 2.24. The molecule has 0 unspecified atom stereocenters. The van der Waals surface area contributed by atoms with Crippen molar-refractivity contribution in [1.82, 2.24) is 9.78 Å². The van der Waals surface area contributed by atoms with Crippen LogP contribution in [0.4, 0.5) is 5.69 Å². The summed E-state index contributed by atoms with van der Waals surface area (Å²) in [4.78, 5) is 23.4. The van der Waals surface area contributed by atoms with Crippen molar-refractivity contribution in [2.75, 3.05) is 12.4 Å². The number of carboxylic acid groups (broad SMARTS) is 1. The van der Waals surface area contributed by atoms with Gasteiger partial charge in [-0.15, -0.1) is 0 Å². The zero-order chi connectivity index (χ0) is 17.2. The Morgan fingerprint density at radius 1 is 1.35 bits per heavy atom. The van der Waals surface area contributed by atoms with E-state index in [0.29, 0.717) is 11.4 Å². The van der Waals surface area contributed by atoms with Gasteiger partial charge in [0.2, 0.25) is 0 Å². The molecular formula is C15H17N3O5. The molecule has 23 heavy (non-hydrogen) atoms. The molecule has 0 aliphatic heterocycles. The van der Waals surface area contributed by atoms with Gasteiger partial charge >= 0.3 is 5.97 Å². The van der Waals surface area contributed by atoms with Crippen LogP contribution >= 0.6 is 0 Å². The number of methoxy groups -OCH3 is 1. The zero-order valence-corrected chi connectivity index (χ0v) is 12.9. The first-order valence-corrected chi connectivity index (χ1v) is 6.72. The van der Waals surface area contributed by atoms with Gasteiger partial charge in [0.25, 0.3) is 5.91 Å². The summed E-state index contributed by atoms with van der Waals surface area (Å²) in [5.74, 6) is -1.38. The Morgan fingerprint density at radius 2 is 2.04 bits per heavy atom. The predicted molar refractivity (Wildman–Crippen MR) is 81.8 cm³/mol. The number of amides is 1. The summed E-state index contributed by atoms with van der Waals surface area (Å²) in [6.07, 6.45) is 2.74. The van der Waals surface area contributed by atoms with Crippen molar-refractivity contribution in [3.8, 4) is 11.5 Å². The van der Waals surface area contributed by atoms with Crippen molar-refractivity contribution in [2.45, 2.75) is 19.4 Å². The lowest BCUT2D eigenvalue weighted by Crippen LogP contribution is -2.35. The number of carbonyl (C=O) groups excluding carboxylic acids is 1. The van der Waals surface area contributed by atoms with Gasteiger partial charge in [0, 0.05) is 6.20 Å². The Morgan fingerprint density at radius 3 is 2.65 bits per heavy atom. The number of anilines is 1. The standard InChI is InChI=1S/C15H17N3O5/c1-15(2,14(21)22)18-8-9(7-16-18)17-13(20)11-6-10(23-3)4-5-12(11)19/h4-8,19H,1-3H3,(H,17,20)(H,21,22). The van der Waals surface area contributed by atoms with Crippen molar-refractivity contribution >= 4 is 17.6 Å². The summed E-state index contributed by atoms with van der Waals surface area (Å²) in [5.41, 5.74) is -0.901. The van der Waals surface area contributed by atoms with E-state index in [2.05, 4.69) is 10.4 Å². The zero-order valence-electron chi connectivity index (χ0n) is 12.9. The molecule has 0 aliphatic rings. The molecule has 8 nitrogen and oxygen atoms in total. The molecule has 0 bridgehead atoms. The lowest BCUT2D eigenvalue weighted by atomic mass is 10.1. The quantitative estimate of drug-likeness (QED) is 0.772. The van der Waals surface area contributed by atoms with Crippen molar-refractivity contribution in [1.29, 1.82) is 0 Å². The number of nitrogens with zero attached hydrogens (tertiary/aromatic N) is 2. The summed E-state index contributed by atoms with van der Waals surface area (Å²) in [7, 11) is 1.45. The predicted octanol–water partition coefficient (Wildman–Crippen LogP) is 1.67. The highest BCUT2D eigenvalue weighted by atomic mass is 16.5. The second kappa shape index (κ2) is 5.99. The van der Waals surface area contributed by atoms with E-state index in [4.69, 9.17) is 9.84 Å². The maximum atomic E-state index is 12.2. The van der Waals surface area contributed by atoms with Gasteiger partial charge in [-0.2, -0.15) is 5.10 Å². The Labute approximate surface area is 132 Å². The molecule has 1 aromatic heterocycles. The molecule has 0 saturated heterocycles. The van der Waals surface area contributed by atoms with E-state index in [1.807, 2.05) is 0 Å². The van der Waals surface area contributed by atoms with Gasteiger partial charge in [-0.3, -0.25) is 9.48 Å². The van der Waals surface area contributed by atoms with Crippen LogP contribution in [0.1, 0.15) is 24.2 Å². The van der Waals surface area contributed by atoms with Gasteiger partial charge in [-0.1, -0.05) is 0 Å². The molecule has 0 spiro atoms. The first-order chi connectivity index (χ1) is 10.8.